The number of nitrogens with one attached hydrogen (secondary N) is 1. The van der Waals surface area contributed by atoms with Gasteiger partial charge in [-0.25, -0.2) is 4.79 Å². The Hall–Kier alpha value is -3.19. The molecule has 7 heteroatoms. The Morgan fingerprint density at radius 3 is 2.82 bits per heavy atom. The summed E-state index contributed by atoms with van der Waals surface area (Å²) < 4.78 is 11.0. The number of esters is 1. The molecule has 0 radical (unpaired) electrons. The third kappa shape index (κ3) is 3.25. The van der Waals surface area contributed by atoms with Gasteiger partial charge in [0.15, 0.2) is 5.11 Å². The van der Waals surface area contributed by atoms with Crippen LogP contribution in [0.2, 0.25) is 0 Å². The fourth-order valence-corrected chi connectivity index (χ4v) is 3.64. The minimum atomic E-state index is -0.381. The predicted octanol–water partition coefficient (Wildman–Crippen LogP) is 3.73. The van der Waals surface area contributed by atoms with Crippen molar-refractivity contribution >= 4 is 23.3 Å². The third-order valence-corrected chi connectivity index (χ3v) is 5.23. The summed E-state index contributed by atoms with van der Waals surface area (Å²) in [6, 6.07) is 16.6. The SMILES string of the molecule is COC(=O)c1cccc(-c2ccc([C@H]3[C@H](c4ccccn4)NC(=S)N3C)o2)c1. The Morgan fingerprint density at radius 1 is 1.21 bits per heavy atom. The number of methoxy groups -OCH3 is 1. The summed E-state index contributed by atoms with van der Waals surface area (Å²) in [6.07, 6.45) is 1.77. The van der Waals surface area contributed by atoms with Gasteiger partial charge in [-0.15, -0.1) is 0 Å². The average Bonchev–Trinajstić information content (AvgIpc) is 3.33. The van der Waals surface area contributed by atoms with Crippen LogP contribution in [0.4, 0.5) is 0 Å². The first-order valence-corrected chi connectivity index (χ1v) is 9.22. The molecule has 2 aromatic heterocycles. The topological polar surface area (TPSA) is 67.6 Å². The fourth-order valence-electron chi connectivity index (χ4n) is 3.40. The van der Waals surface area contributed by atoms with Crippen LogP contribution in [0, 0.1) is 0 Å². The molecule has 1 aliphatic heterocycles. The molecule has 0 amide bonds. The van der Waals surface area contributed by atoms with Gasteiger partial charge in [0.1, 0.15) is 17.6 Å². The van der Waals surface area contributed by atoms with E-state index < -0.39 is 0 Å². The first kappa shape index (κ1) is 18.2. The number of ether oxygens (including phenoxy) is 1. The van der Waals surface area contributed by atoms with Crippen molar-refractivity contribution in [3.8, 4) is 11.3 Å². The molecule has 1 saturated heterocycles. The summed E-state index contributed by atoms with van der Waals surface area (Å²) in [5.74, 6) is 1.06. The van der Waals surface area contributed by atoms with Gasteiger partial charge in [0, 0.05) is 18.8 Å². The van der Waals surface area contributed by atoms with Crippen LogP contribution in [-0.4, -0.2) is 35.1 Å². The van der Waals surface area contributed by atoms with E-state index in [1.54, 1.807) is 24.4 Å². The average molecular weight is 393 g/mol. The van der Waals surface area contributed by atoms with Gasteiger partial charge in [0.2, 0.25) is 0 Å². The zero-order valence-corrected chi connectivity index (χ0v) is 16.3. The highest BCUT2D eigenvalue weighted by Crippen LogP contribution is 2.39. The summed E-state index contributed by atoms with van der Waals surface area (Å²) in [5.41, 5.74) is 2.18. The van der Waals surface area contributed by atoms with Crippen LogP contribution in [0.25, 0.3) is 11.3 Å². The molecule has 142 valence electrons. The number of thiocarbonyl (C=S) groups is 1. The number of hydrogen-bond donors (Lipinski definition) is 1. The molecule has 4 rings (SSSR count). The van der Waals surface area contributed by atoms with Gasteiger partial charge in [0.05, 0.1) is 24.4 Å². The van der Waals surface area contributed by atoms with E-state index in [2.05, 4.69) is 10.3 Å². The zero-order valence-electron chi connectivity index (χ0n) is 15.5. The number of likely N-dealkylation sites (N-methyl/N-ethyl adjacent to an activating group) is 1. The Balaban J connectivity index is 1.68. The Kier molecular flexibility index (Phi) is 4.83. The van der Waals surface area contributed by atoms with Crippen molar-refractivity contribution in [2.75, 3.05) is 14.2 Å². The third-order valence-electron chi connectivity index (χ3n) is 4.83. The van der Waals surface area contributed by atoms with Crippen LogP contribution in [0.1, 0.15) is 33.9 Å². The molecule has 28 heavy (non-hydrogen) atoms. The van der Waals surface area contributed by atoms with E-state index in [0.717, 1.165) is 17.0 Å². The van der Waals surface area contributed by atoms with E-state index in [0.29, 0.717) is 16.4 Å². The molecule has 2 atom stereocenters. The number of rotatable bonds is 4. The van der Waals surface area contributed by atoms with Crippen LogP contribution < -0.4 is 5.32 Å². The molecular weight excluding hydrogens is 374 g/mol. The van der Waals surface area contributed by atoms with E-state index >= 15 is 0 Å². The second kappa shape index (κ2) is 7.44. The van der Waals surface area contributed by atoms with Crippen molar-refractivity contribution in [2.24, 2.45) is 0 Å². The Morgan fingerprint density at radius 2 is 2.07 bits per heavy atom. The monoisotopic (exact) mass is 393 g/mol. The Labute approximate surface area is 168 Å². The van der Waals surface area contributed by atoms with Gasteiger partial charge in [-0.1, -0.05) is 18.2 Å². The van der Waals surface area contributed by atoms with Crippen molar-refractivity contribution in [1.29, 1.82) is 0 Å². The van der Waals surface area contributed by atoms with Gasteiger partial charge >= 0.3 is 5.97 Å². The maximum absolute atomic E-state index is 11.8. The highest BCUT2D eigenvalue weighted by atomic mass is 32.1. The first-order chi connectivity index (χ1) is 13.6. The maximum Gasteiger partial charge on any atom is 0.337 e. The minimum absolute atomic E-state index is 0.112. The molecule has 1 N–H and O–H groups in total. The van der Waals surface area contributed by atoms with Gasteiger partial charge in [-0.3, -0.25) is 4.98 Å². The molecule has 1 aromatic carbocycles. The second-order valence-corrected chi connectivity index (χ2v) is 6.90. The second-order valence-electron chi connectivity index (χ2n) is 6.51. The molecule has 3 heterocycles. The van der Waals surface area contributed by atoms with Crippen molar-refractivity contribution in [2.45, 2.75) is 12.1 Å². The van der Waals surface area contributed by atoms with Crippen molar-refractivity contribution in [1.82, 2.24) is 15.2 Å². The lowest BCUT2D eigenvalue weighted by Crippen LogP contribution is -2.24. The van der Waals surface area contributed by atoms with Crippen LogP contribution >= 0.6 is 12.2 Å². The van der Waals surface area contributed by atoms with E-state index in [1.165, 1.54) is 7.11 Å². The number of pyridine rings is 1. The zero-order chi connectivity index (χ0) is 19.7. The van der Waals surface area contributed by atoms with Crippen LogP contribution in [0.3, 0.4) is 0 Å². The van der Waals surface area contributed by atoms with Crippen molar-refractivity contribution < 1.29 is 13.9 Å². The van der Waals surface area contributed by atoms with Gasteiger partial charge in [-0.05, 0) is 48.6 Å². The van der Waals surface area contributed by atoms with Crippen molar-refractivity contribution in [3.63, 3.8) is 0 Å². The summed E-state index contributed by atoms with van der Waals surface area (Å²) in [7, 11) is 3.30. The first-order valence-electron chi connectivity index (χ1n) is 8.81. The smallest absolute Gasteiger partial charge is 0.337 e. The van der Waals surface area contributed by atoms with E-state index in [4.69, 9.17) is 21.4 Å². The number of hydrogen-bond acceptors (Lipinski definition) is 5. The fraction of sp³-hybridized carbons (Fsp3) is 0.190. The molecule has 1 fully saturated rings. The Bertz CT molecular complexity index is 1020. The number of carbonyl (C=O) groups is 1. The van der Waals surface area contributed by atoms with Crippen LogP contribution in [0.15, 0.2) is 65.2 Å². The highest BCUT2D eigenvalue weighted by Gasteiger charge is 2.39. The quantitative estimate of drug-likeness (QED) is 0.535. The normalized spacial score (nSPS) is 18.8. The highest BCUT2D eigenvalue weighted by molar-refractivity contribution is 7.80. The molecule has 0 saturated carbocycles. The summed E-state index contributed by atoms with van der Waals surface area (Å²) in [5, 5.41) is 3.97. The van der Waals surface area contributed by atoms with Gasteiger partial charge < -0.3 is 19.4 Å². The minimum Gasteiger partial charge on any atom is -0.465 e. The molecule has 0 bridgehead atoms. The maximum atomic E-state index is 11.8. The molecule has 0 aliphatic carbocycles. The molecule has 1 aliphatic rings. The standard InChI is InChI=1S/C21H19N3O3S/c1-24-19(18(23-21(24)28)15-8-3-4-11-22-15)17-10-9-16(27-17)13-6-5-7-14(12-13)20(25)26-2/h3-12,18-19H,1-2H3,(H,23,28)/t18-,19-/m0/s1. The molecular formula is C21H19N3O3S. The predicted molar refractivity (Wildman–Crippen MR) is 109 cm³/mol. The molecule has 3 aromatic rings. The van der Waals surface area contributed by atoms with Gasteiger partial charge in [-0.2, -0.15) is 0 Å². The number of nitrogens with zero attached hydrogens (tertiary/aromatic N) is 2. The van der Waals surface area contributed by atoms with E-state index in [1.807, 2.05) is 48.3 Å². The van der Waals surface area contributed by atoms with Crippen molar-refractivity contribution in [3.05, 3.63) is 77.8 Å². The summed E-state index contributed by atoms with van der Waals surface area (Å²) in [4.78, 5) is 18.2. The lowest BCUT2D eigenvalue weighted by atomic mass is 10.0. The summed E-state index contributed by atoms with van der Waals surface area (Å²) >= 11 is 5.45. The van der Waals surface area contributed by atoms with Crippen LogP contribution in [0.5, 0.6) is 0 Å². The largest absolute Gasteiger partial charge is 0.465 e. The van der Waals surface area contributed by atoms with Crippen LogP contribution in [-0.2, 0) is 4.74 Å². The number of benzene rings is 1. The lowest BCUT2D eigenvalue weighted by Gasteiger charge is -2.21. The van der Waals surface area contributed by atoms with E-state index in [9.17, 15) is 4.79 Å². The lowest BCUT2D eigenvalue weighted by molar-refractivity contribution is 0.0601. The van der Waals surface area contributed by atoms with E-state index in [-0.39, 0.29) is 18.1 Å². The number of carbonyl (C=O) groups excluding carboxylic acids is 1. The number of furan rings is 1. The van der Waals surface area contributed by atoms with Gasteiger partial charge in [0.25, 0.3) is 0 Å². The summed E-state index contributed by atoms with van der Waals surface area (Å²) in [6.45, 7) is 0. The molecule has 6 nitrogen and oxygen atoms in total. The molecule has 0 unspecified atom stereocenters. The number of aromatic nitrogens is 1. The molecule has 0 spiro atoms.